The predicted molar refractivity (Wildman–Crippen MR) is 70.1 cm³/mol. The normalized spacial score (nSPS) is 26.2. The topological polar surface area (TPSA) is 21.3 Å². The van der Waals surface area contributed by atoms with E-state index in [0.717, 1.165) is 37.2 Å². The summed E-state index contributed by atoms with van der Waals surface area (Å²) in [6, 6.07) is 0. The van der Waals surface area contributed by atoms with Crippen molar-refractivity contribution >= 4 is 11.6 Å². The first-order chi connectivity index (χ1) is 7.59. The third-order valence-electron chi connectivity index (χ3n) is 3.88. The van der Waals surface area contributed by atoms with Crippen molar-refractivity contribution in [2.75, 3.05) is 26.1 Å². The van der Waals surface area contributed by atoms with Crippen molar-refractivity contribution in [2.24, 2.45) is 11.8 Å². The summed E-state index contributed by atoms with van der Waals surface area (Å²) in [7, 11) is 1.78. The van der Waals surface area contributed by atoms with Gasteiger partial charge in [0.25, 0.3) is 0 Å². The molecule has 0 aromatic heterocycles. The van der Waals surface area contributed by atoms with Gasteiger partial charge in [-0.05, 0) is 58.0 Å². The van der Waals surface area contributed by atoms with Crippen LogP contribution in [0.15, 0.2) is 0 Å². The van der Waals surface area contributed by atoms with Crippen molar-refractivity contribution < 1.29 is 4.74 Å². The maximum atomic E-state index is 5.96. The second kappa shape index (κ2) is 6.83. The number of ether oxygens (including phenoxy) is 1. The molecule has 3 heteroatoms. The lowest BCUT2D eigenvalue weighted by Crippen LogP contribution is -2.32. The zero-order valence-electron chi connectivity index (χ0n) is 10.9. The van der Waals surface area contributed by atoms with Crippen LogP contribution in [0, 0.1) is 11.8 Å². The first kappa shape index (κ1) is 14.3. The Balaban J connectivity index is 2.11. The van der Waals surface area contributed by atoms with E-state index in [9.17, 15) is 0 Å². The van der Waals surface area contributed by atoms with Crippen LogP contribution in [0.3, 0.4) is 0 Å². The van der Waals surface area contributed by atoms with Gasteiger partial charge in [-0.25, -0.2) is 0 Å². The highest BCUT2D eigenvalue weighted by atomic mass is 35.5. The molecular weight excluding hydrogens is 222 g/mol. The van der Waals surface area contributed by atoms with Crippen LogP contribution >= 0.6 is 11.6 Å². The lowest BCUT2D eigenvalue weighted by Gasteiger charge is -2.24. The molecule has 1 rings (SSSR count). The molecule has 0 aromatic rings. The van der Waals surface area contributed by atoms with Crippen molar-refractivity contribution in [1.82, 2.24) is 5.32 Å². The summed E-state index contributed by atoms with van der Waals surface area (Å²) in [5.41, 5.74) is -0.00539. The maximum absolute atomic E-state index is 5.96. The first-order valence-corrected chi connectivity index (χ1v) is 6.94. The minimum atomic E-state index is -0.00539. The summed E-state index contributed by atoms with van der Waals surface area (Å²) in [5, 5.41) is 3.54. The van der Waals surface area contributed by atoms with E-state index in [1.54, 1.807) is 7.11 Å². The molecule has 1 N–H and O–H groups in total. The molecule has 0 aromatic carbocycles. The lowest BCUT2D eigenvalue weighted by atomic mass is 9.98. The number of rotatable bonds is 7. The van der Waals surface area contributed by atoms with E-state index in [0.29, 0.717) is 0 Å². The van der Waals surface area contributed by atoms with Gasteiger partial charge in [0, 0.05) is 13.0 Å². The summed E-state index contributed by atoms with van der Waals surface area (Å²) in [6.45, 7) is 6.42. The van der Waals surface area contributed by atoms with Gasteiger partial charge in [-0.1, -0.05) is 6.42 Å². The Bertz CT molecular complexity index is 196. The van der Waals surface area contributed by atoms with Crippen LogP contribution in [0.4, 0.5) is 0 Å². The van der Waals surface area contributed by atoms with Crippen molar-refractivity contribution in [2.45, 2.75) is 45.1 Å². The minimum absolute atomic E-state index is 0.00539. The molecular formula is C13H26ClNO. The van der Waals surface area contributed by atoms with Crippen molar-refractivity contribution in [1.29, 1.82) is 0 Å². The average Bonchev–Trinajstić information content (AvgIpc) is 2.72. The Morgan fingerprint density at radius 2 is 2.00 bits per heavy atom. The molecule has 2 atom stereocenters. The molecule has 0 radical (unpaired) electrons. The zero-order valence-corrected chi connectivity index (χ0v) is 11.6. The maximum Gasteiger partial charge on any atom is 0.0634 e. The van der Waals surface area contributed by atoms with Gasteiger partial charge in [-0.2, -0.15) is 0 Å². The number of alkyl halides is 1. The van der Waals surface area contributed by atoms with E-state index < -0.39 is 0 Å². The van der Waals surface area contributed by atoms with Gasteiger partial charge < -0.3 is 10.1 Å². The molecule has 0 spiro atoms. The molecule has 1 fully saturated rings. The number of hydrogen-bond acceptors (Lipinski definition) is 2. The second-order valence-corrected chi connectivity index (χ2v) is 5.83. The molecule has 1 aliphatic carbocycles. The van der Waals surface area contributed by atoms with Crippen LogP contribution < -0.4 is 5.32 Å². The second-order valence-electron chi connectivity index (χ2n) is 5.52. The van der Waals surface area contributed by atoms with E-state index in [1.165, 1.54) is 19.3 Å². The smallest absolute Gasteiger partial charge is 0.0634 e. The molecule has 96 valence electrons. The van der Waals surface area contributed by atoms with Crippen LogP contribution in [0.2, 0.25) is 0 Å². The standard InChI is InChI=1S/C13H26ClNO/c1-13(2,16-3)7-8-15-10-12-6-4-5-11(12)9-14/h11-12,15H,4-10H2,1-3H3. The average molecular weight is 248 g/mol. The summed E-state index contributed by atoms with van der Waals surface area (Å²) in [6.07, 6.45) is 5.08. The molecule has 0 amide bonds. The molecule has 0 saturated heterocycles. The predicted octanol–water partition coefficient (Wildman–Crippen LogP) is 3.05. The van der Waals surface area contributed by atoms with E-state index in [1.807, 2.05) is 0 Å². The Kier molecular flexibility index (Phi) is 6.09. The van der Waals surface area contributed by atoms with Gasteiger partial charge in [0.1, 0.15) is 0 Å². The van der Waals surface area contributed by atoms with Crippen molar-refractivity contribution in [3.63, 3.8) is 0 Å². The minimum Gasteiger partial charge on any atom is -0.379 e. The van der Waals surface area contributed by atoms with Gasteiger partial charge in [0.05, 0.1) is 5.60 Å². The quantitative estimate of drug-likeness (QED) is 0.552. The van der Waals surface area contributed by atoms with E-state index in [4.69, 9.17) is 16.3 Å². The van der Waals surface area contributed by atoms with Crippen molar-refractivity contribution in [3.05, 3.63) is 0 Å². The van der Waals surface area contributed by atoms with Gasteiger partial charge in [0.15, 0.2) is 0 Å². The van der Waals surface area contributed by atoms with E-state index in [2.05, 4.69) is 19.2 Å². The van der Waals surface area contributed by atoms with Crippen LogP contribution in [0.25, 0.3) is 0 Å². The first-order valence-electron chi connectivity index (χ1n) is 6.41. The fourth-order valence-electron chi connectivity index (χ4n) is 2.36. The summed E-state index contributed by atoms with van der Waals surface area (Å²) in [4.78, 5) is 0. The van der Waals surface area contributed by atoms with Crippen LogP contribution in [-0.4, -0.2) is 31.7 Å². The van der Waals surface area contributed by atoms with Crippen LogP contribution in [0.5, 0.6) is 0 Å². The van der Waals surface area contributed by atoms with Gasteiger partial charge in [0.2, 0.25) is 0 Å². The Morgan fingerprint density at radius 1 is 1.31 bits per heavy atom. The highest BCUT2D eigenvalue weighted by Gasteiger charge is 2.26. The van der Waals surface area contributed by atoms with Gasteiger partial charge in [-0.3, -0.25) is 0 Å². The molecule has 0 heterocycles. The fraction of sp³-hybridized carbons (Fsp3) is 1.00. The largest absolute Gasteiger partial charge is 0.379 e. The monoisotopic (exact) mass is 247 g/mol. The summed E-state index contributed by atoms with van der Waals surface area (Å²) < 4.78 is 5.39. The number of nitrogens with one attached hydrogen (secondary N) is 1. The van der Waals surface area contributed by atoms with Crippen LogP contribution in [0.1, 0.15) is 39.5 Å². The third kappa shape index (κ3) is 4.60. The van der Waals surface area contributed by atoms with Gasteiger partial charge >= 0.3 is 0 Å². The number of methoxy groups -OCH3 is 1. The Labute approximate surface area is 105 Å². The molecule has 0 bridgehead atoms. The highest BCUT2D eigenvalue weighted by Crippen LogP contribution is 2.31. The fourth-order valence-corrected chi connectivity index (χ4v) is 2.77. The molecule has 16 heavy (non-hydrogen) atoms. The molecule has 2 unspecified atom stereocenters. The third-order valence-corrected chi connectivity index (χ3v) is 4.27. The Hall–Kier alpha value is 0.210. The number of hydrogen-bond donors (Lipinski definition) is 1. The zero-order chi connectivity index (χ0) is 12.0. The van der Waals surface area contributed by atoms with E-state index >= 15 is 0 Å². The Morgan fingerprint density at radius 3 is 2.62 bits per heavy atom. The molecule has 2 nitrogen and oxygen atoms in total. The number of halogens is 1. The SMILES string of the molecule is COC(C)(C)CCNCC1CCCC1CCl. The van der Waals surface area contributed by atoms with Gasteiger partial charge in [-0.15, -0.1) is 11.6 Å². The molecule has 1 saturated carbocycles. The highest BCUT2D eigenvalue weighted by molar-refractivity contribution is 6.18. The van der Waals surface area contributed by atoms with Crippen molar-refractivity contribution in [3.8, 4) is 0 Å². The molecule has 1 aliphatic rings. The molecule has 0 aliphatic heterocycles. The summed E-state index contributed by atoms with van der Waals surface area (Å²) >= 11 is 5.96. The van der Waals surface area contributed by atoms with E-state index in [-0.39, 0.29) is 5.60 Å². The lowest BCUT2D eigenvalue weighted by molar-refractivity contribution is 0.0157. The summed E-state index contributed by atoms with van der Waals surface area (Å²) in [5.74, 6) is 2.36. The van der Waals surface area contributed by atoms with Crippen LogP contribution in [-0.2, 0) is 4.74 Å².